The van der Waals surface area contributed by atoms with E-state index in [0.717, 1.165) is 17.8 Å². The minimum absolute atomic E-state index is 0.145. The highest BCUT2D eigenvalue weighted by atomic mass is 79.9. The van der Waals surface area contributed by atoms with E-state index in [1.165, 1.54) is 0 Å². The molecule has 0 fully saturated rings. The molecule has 0 aliphatic carbocycles. The predicted octanol–water partition coefficient (Wildman–Crippen LogP) is 2.47. The topological polar surface area (TPSA) is 64.7 Å². The molecule has 2 aromatic heterocycles. The van der Waals surface area contributed by atoms with Crippen LogP contribution in [0.1, 0.15) is 28.3 Å². The van der Waals surface area contributed by atoms with Crippen LogP contribution in [0, 0.1) is 13.8 Å². The van der Waals surface area contributed by atoms with Crippen molar-refractivity contribution in [3.63, 3.8) is 0 Å². The van der Waals surface area contributed by atoms with Gasteiger partial charge >= 0.3 is 0 Å². The molecule has 0 unspecified atom stereocenters. The lowest BCUT2D eigenvalue weighted by molar-refractivity contribution is 0.0942. The maximum absolute atomic E-state index is 12.0. The average Bonchev–Trinajstić information content (AvgIpc) is 2.90. The number of rotatable bonds is 5. The minimum Gasteiger partial charge on any atom is -0.351 e. The zero-order valence-corrected chi connectivity index (χ0v) is 14.5. The van der Waals surface area contributed by atoms with Crippen LogP contribution in [0.2, 0.25) is 5.02 Å². The molecule has 0 atom stereocenters. The number of amides is 1. The van der Waals surface area contributed by atoms with E-state index in [1.807, 2.05) is 18.5 Å². The smallest absolute Gasteiger partial charge is 0.270 e. The van der Waals surface area contributed by atoms with Crippen LogP contribution in [-0.4, -0.2) is 32.0 Å². The number of carbonyl (C=O) groups is 1. The molecule has 21 heavy (non-hydrogen) atoms. The molecule has 0 saturated heterocycles. The number of nitrogens with zero attached hydrogens (tertiary/aromatic N) is 4. The summed E-state index contributed by atoms with van der Waals surface area (Å²) in [7, 11) is 1.73. The first kappa shape index (κ1) is 16.0. The Morgan fingerprint density at radius 1 is 1.48 bits per heavy atom. The van der Waals surface area contributed by atoms with Gasteiger partial charge in [-0.2, -0.15) is 10.2 Å². The first-order valence-electron chi connectivity index (χ1n) is 6.57. The molecule has 0 bridgehead atoms. The summed E-state index contributed by atoms with van der Waals surface area (Å²) in [4.78, 5) is 12.0. The van der Waals surface area contributed by atoms with Gasteiger partial charge in [0.2, 0.25) is 0 Å². The van der Waals surface area contributed by atoms with Crippen LogP contribution < -0.4 is 5.32 Å². The SMILES string of the molecule is Cc1nn(CCCNC(=O)c2c(Br)cnn2C)c(C)c1Cl. The number of aromatic nitrogens is 4. The monoisotopic (exact) mass is 373 g/mol. The standard InChI is InChI=1S/C13H17BrClN5O/c1-8-11(15)9(2)20(18-8)6-4-5-16-13(21)12-10(14)7-17-19(12)3/h7H,4-6H2,1-3H3,(H,16,21). The third kappa shape index (κ3) is 3.47. The molecule has 2 heterocycles. The van der Waals surface area contributed by atoms with Gasteiger partial charge in [0.25, 0.3) is 5.91 Å². The van der Waals surface area contributed by atoms with E-state index in [1.54, 1.807) is 17.9 Å². The highest BCUT2D eigenvalue weighted by Gasteiger charge is 2.14. The van der Waals surface area contributed by atoms with Gasteiger partial charge in [0.15, 0.2) is 0 Å². The van der Waals surface area contributed by atoms with Gasteiger partial charge in [0.05, 0.1) is 27.1 Å². The van der Waals surface area contributed by atoms with Crippen LogP contribution in [0.25, 0.3) is 0 Å². The number of halogens is 2. The zero-order chi connectivity index (χ0) is 15.6. The summed E-state index contributed by atoms with van der Waals surface area (Å²) in [5.41, 5.74) is 2.30. The summed E-state index contributed by atoms with van der Waals surface area (Å²) in [5, 5.41) is 12.0. The molecule has 0 aromatic carbocycles. The summed E-state index contributed by atoms with van der Waals surface area (Å²) in [6.07, 6.45) is 2.38. The Balaban J connectivity index is 1.85. The summed E-state index contributed by atoms with van der Waals surface area (Å²) in [6, 6.07) is 0. The number of aryl methyl sites for hydroxylation is 3. The molecule has 0 aliphatic heterocycles. The van der Waals surface area contributed by atoms with E-state index >= 15 is 0 Å². The molecular weight excluding hydrogens is 358 g/mol. The largest absolute Gasteiger partial charge is 0.351 e. The van der Waals surface area contributed by atoms with Crippen molar-refractivity contribution in [2.75, 3.05) is 6.54 Å². The number of hydrogen-bond donors (Lipinski definition) is 1. The van der Waals surface area contributed by atoms with Gasteiger partial charge in [-0.3, -0.25) is 14.2 Å². The third-order valence-electron chi connectivity index (χ3n) is 3.23. The molecule has 1 amide bonds. The van der Waals surface area contributed by atoms with Crippen LogP contribution in [-0.2, 0) is 13.6 Å². The van der Waals surface area contributed by atoms with E-state index in [2.05, 4.69) is 31.4 Å². The van der Waals surface area contributed by atoms with Crippen molar-refractivity contribution in [2.24, 2.45) is 7.05 Å². The second-order valence-electron chi connectivity index (χ2n) is 4.78. The number of carbonyl (C=O) groups excluding carboxylic acids is 1. The van der Waals surface area contributed by atoms with Gasteiger partial charge in [-0.05, 0) is 36.2 Å². The van der Waals surface area contributed by atoms with E-state index in [-0.39, 0.29) is 5.91 Å². The number of nitrogens with one attached hydrogen (secondary N) is 1. The lowest BCUT2D eigenvalue weighted by Crippen LogP contribution is -2.27. The van der Waals surface area contributed by atoms with Crippen molar-refractivity contribution >= 4 is 33.4 Å². The van der Waals surface area contributed by atoms with Gasteiger partial charge < -0.3 is 5.32 Å². The molecule has 8 heteroatoms. The fraction of sp³-hybridized carbons (Fsp3) is 0.462. The molecule has 6 nitrogen and oxygen atoms in total. The Morgan fingerprint density at radius 3 is 2.71 bits per heavy atom. The van der Waals surface area contributed by atoms with Crippen LogP contribution in [0.3, 0.4) is 0 Å². The molecule has 0 spiro atoms. The average molecular weight is 375 g/mol. The fourth-order valence-electron chi connectivity index (χ4n) is 2.07. The molecule has 0 radical (unpaired) electrons. The predicted molar refractivity (Wildman–Crippen MR) is 84.6 cm³/mol. The van der Waals surface area contributed by atoms with Crippen LogP contribution in [0.15, 0.2) is 10.7 Å². The lowest BCUT2D eigenvalue weighted by Gasteiger charge is -2.07. The zero-order valence-electron chi connectivity index (χ0n) is 12.2. The Labute approximate surface area is 136 Å². The highest BCUT2D eigenvalue weighted by molar-refractivity contribution is 9.10. The maximum Gasteiger partial charge on any atom is 0.270 e. The lowest BCUT2D eigenvalue weighted by atomic mass is 10.3. The molecule has 2 aromatic rings. The minimum atomic E-state index is -0.145. The van der Waals surface area contributed by atoms with Crippen LogP contribution >= 0.6 is 27.5 Å². The van der Waals surface area contributed by atoms with Crippen molar-refractivity contribution < 1.29 is 4.79 Å². The van der Waals surface area contributed by atoms with Crippen molar-refractivity contribution in [2.45, 2.75) is 26.8 Å². The first-order chi connectivity index (χ1) is 9.91. The molecular formula is C13H17BrClN5O. The quantitative estimate of drug-likeness (QED) is 0.818. The van der Waals surface area contributed by atoms with E-state index in [4.69, 9.17) is 11.6 Å². The molecule has 2 rings (SSSR count). The Kier molecular flexibility index (Phi) is 5.05. The second kappa shape index (κ2) is 6.62. The molecule has 0 saturated carbocycles. The summed E-state index contributed by atoms with van der Waals surface area (Å²) >= 11 is 9.41. The summed E-state index contributed by atoms with van der Waals surface area (Å²) < 4.78 is 4.09. The van der Waals surface area contributed by atoms with Gasteiger partial charge in [-0.1, -0.05) is 11.6 Å². The molecule has 114 valence electrons. The number of hydrogen-bond acceptors (Lipinski definition) is 3. The summed E-state index contributed by atoms with van der Waals surface area (Å²) in [6.45, 7) is 5.10. The van der Waals surface area contributed by atoms with Crippen LogP contribution in [0.4, 0.5) is 0 Å². The van der Waals surface area contributed by atoms with Crippen molar-refractivity contribution in [1.29, 1.82) is 0 Å². The van der Waals surface area contributed by atoms with Gasteiger partial charge in [-0.25, -0.2) is 0 Å². The van der Waals surface area contributed by atoms with Crippen molar-refractivity contribution in [1.82, 2.24) is 24.9 Å². The second-order valence-corrected chi connectivity index (χ2v) is 6.01. The molecule has 1 N–H and O–H groups in total. The maximum atomic E-state index is 12.0. The van der Waals surface area contributed by atoms with Crippen molar-refractivity contribution in [3.8, 4) is 0 Å². The highest BCUT2D eigenvalue weighted by Crippen LogP contribution is 2.19. The Morgan fingerprint density at radius 2 is 2.19 bits per heavy atom. The van der Waals surface area contributed by atoms with E-state index in [9.17, 15) is 4.79 Å². The first-order valence-corrected chi connectivity index (χ1v) is 7.74. The normalized spacial score (nSPS) is 10.9. The molecule has 0 aliphatic rings. The van der Waals surface area contributed by atoms with Crippen LogP contribution in [0.5, 0.6) is 0 Å². The summed E-state index contributed by atoms with van der Waals surface area (Å²) in [5.74, 6) is -0.145. The van der Waals surface area contributed by atoms with E-state index < -0.39 is 0 Å². The van der Waals surface area contributed by atoms with Gasteiger partial charge in [0.1, 0.15) is 5.69 Å². The van der Waals surface area contributed by atoms with E-state index in [0.29, 0.717) is 28.3 Å². The van der Waals surface area contributed by atoms with Gasteiger partial charge in [-0.15, -0.1) is 0 Å². The van der Waals surface area contributed by atoms with Crippen molar-refractivity contribution in [3.05, 3.63) is 32.8 Å². The Bertz CT molecular complexity index is 644. The third-order valence-corrected chi connectivity index (χ3v) is 4.36. The Hall–Kier alpha value is -1.34. The van der Waals surface area contributed by atoms with Gasteiger partial charge in [0, 0.05) is 20.1 Å². The fourth-order valence-corrected chi connectivity index (χ4v) is 2.74.